The number of ether oxygens (including phenoxy) is 2. The number of methoxy groups -OCH3 is 1. The second-order valence-electron chi connectivity index (χ2n) is 10.6. The fourth-order valence-corrected chi connectivity index (χ4v) is 4.05. The third-order valence-corrected chi connectivity index (χ3v) is 6.27. The Morgan fingerprint density at radius 3 is 1.67 bits per heavy atom. The largest absolute Gasteiger partial charge is 0.469 e. The van der Waals surface area contributed by atoms with E-state index in [2.05, 4.69) is 6.92 Å². The molecule has 0 saturated carbocycles. The Balaban J connectivity index is 4.74. The summed E-state index contributed by atoms with van der Waals surface area (Å²) in [4.78, 5) is 44.0. The number of hydroxylamine groups is 2. The summed E-state index contributed by atoms with van der Waals surface area (Å²) in [5, 5.41) is 1.07. The molecule has 0 bridgehead atoms. The van der Waals surface area contributed by atoms with Gasteiger partial charge in [0, 0.05) is 13.1 Å². The lowest BCUT2D eigenvalue weighted by Gasteiger charge is -2.33. The van der Waals surface area contributed by atoms with Crippen molar-refractivity contribution in [2.45, 2.75) is 136 Å². The van der Waals surface area contributed by atoms with Crippen molar-refractivity contribution in [3.05, 3.63) is 0 Å². The molecule has 0 rings (SSSR count). The second kappa shape index (κ2) is 20.3. The Bertz CT molecular complexity index is 605. The minimum atomic E-state index is -0.725. The number of hydrogen-bond acceptors (Lipinski definition) is 6. The van der Waals surface area contributed by atoms with Gasteiger partial charge in [0.25, 0.3) is 5.91 Å². The Kier molecular flexibility index (Phi) is 19.2. The first-order valence-electron chi connectivity index (χ1n) is 13.9. The topological polar surface area (TPSA) is 85.4 Å². The molecule has 0 spiro atoms. The van der Waals surface area contributed by atoms with Gasteiger partial charge in [0.15, 0.2) is 0 Å². The zero-order chi connectivity index (χ0) is 27.4. The number of hydrogen-bond donors (Lipinski definition) is 0. The fraction of sp³-hybridized carbons (Fsp3) is 0.893. The number of amides is 2. The average Bonchev–Trinajstić information content (AvgIpc) is 2.82. The molecule has 0 heterocycles. The lowest BCUT2D eigenvalue weighted by atomic mass is 10.0. The Morgan fingerprint density at radius 1 is 0.778 bits per heavy atom. The maximum atomic E-state index is 13.0. The van der Waals surface area contributed by atoms with Crippen LogP contribution in [0.4, 0.5) is 4.79 Å². The number of rotatable bonds is 20. The van der Waals surface area contributed by atoms with Crippen molar-refractivity contribution in [3.8, 4) is 0 Å². The normalized spacial score (nSPS) is 12.2. The molecule has 0 aliphatic carbocycles. The van der Waals surface area contributed by atoms with Gasteiger partial charge in [-0.1, -0.05) is 90.4 Å². The van der Waals surface area contributed by atoms with Gasteiger partial charge in [0.2, 0.25) is 0 Å². The molecule has 0 aromatic rings. The maximum absolute atomic E-state index is 13.0. The predicted octanol–water partition coefficient (Wildman–Crippen LogP) is 6.66. The molecule has 0 unspecified atom stereocenters. The van der Waals surface area contributed by atoms with Gasteiger partial charge in [-0.05, 0) is 27.2 Å². The van der Waals surface area contributed by atoms with Crippen molar-refractivity contribution in [2.75, 3.05) is 27.8 Å². The number of likely N-dealkylation sites (N-methyl/N-ethyl adjacent to an activating group) is 1. The van der Waals surface area contributed by atoms with E-state index in [1.807, 2.05) is 0 Å². The van der Waals surface area contributed by atoms with E-state index in [4.69, 9.17) is 14.3 Å². The molecule has 0 N–H and O–H groups in total. The molecule has 0 aliphatic heterocycles. The number of unbranched alkanes of at least 4 members (excludes halogenated alkanes) is 12. The third-order valence-electron chi connectivity index (χ3n) is 6.27. The molecular formula is C28H54N2O6. The molecule has 0 aromatic heterocycles. The van der Waals surface area contributed by atoms with E-state index in [0.29, 0.717) is 6.42 Å². The number of esters is 1. The van der Waals surface area contributed by atoms with E-state index in [9.17, 15) is 14.4 Å². The summed E-state index contributed by atoms with van der Waals surface area (Å²) >= 11 is 0. The summed E-state index contributed by atoms with van der Waals surface area (Å²) in [7, 11) is 4.19. The molecule has 0 fully saturated rings. The standard InChI is InChI=1S/C28H54N2O6/c1-8-9-10-11-12-13-14-15-16-17-18-19-20-21-24(22-26(32)34-6)30(23-25(31)29(5)35-7)27(33)36-28(2,3)4/h24H,8-23H2,1-7H3/t24-/m1/s1. The molecule has 8 heteroatoms. The molecule has 212 valence electrons. The molecule has 36 heavy (non-hydrogen) atoms. The lowest BCUT2D eigenvalue weighted by Crippen LogP contribution is -2.49. The van der Waals surface area contributed by atoms with Crippen LogP contribution in [0.15, 0.2) is 0 Å². The molecule has 0 aromatic carbocycles. The number of carbonyl (C=O) groups is 3. The van der Waals surface area contributed by atoms with Crippen LogP contribution in [-0.4, -0.2) is 67.4 Å². The minimum absolute atomic E-state index is 0.0119. The molecule has 0 aliphatic rings. The number of carbonyl (C=O) groups excluding carboxylic acids is 3. The van der Waals surface area contributed by atoms with E-state index in [0.717, 1.165) is 24.3 Å². The zero-order valence-corrected chi connectivity index (χ0v) is 24.2. The zero-order valence-electron chi connectivity index (χ0n) is 24.2. The third kappa shape index (κ3) is 17.6. The summed E-state index contributed by atoms with van der Waals surface area (Å²) in [6.45, 7) is 7.33. The van der Waals surface area contributed by atoms with E-state index in [-0.39, 0.29) is 13.0 Å². The maximum Gasteiger partial charge on any atom is 0.411 e. The van der Waals surface area contributed by atoms with Gasteiger partial charge in [0.05, 0.1) is 20.6 Å². The first-order valence-corrected chi connectivity index (χ1v) is 13.9. The van der Waals surface area contributed by atoms with Gasteiger partial charge < -0.3 is 9.47 Å². The Hall–Kier alpha value is -1.83. The van der Waals surface area contributed by atoms with Crippen LogP contribution in [-0.2, 0) is 23.9 Å². The van der Waals surface area contributed by atoms with Gasteiger partial charge in [-0.25, -0.2) is 9.86 Å². The van der Waals surface area contributed by atoms with Crippen molar-refractivity contribution in [2.24, 2.45) is 0 Å². The smallest absolute Gasteiger partial charge is 0.411 e. The fourth-order valence-electron chi connectivity index (χ4n) is 4.05. The Labute approximate surface area is 220 Å². The van der Waals surface area contributed by atoms with E-state index in [1.54, 1.807) is 20.8 Å². The lowest BCUT2D eigenvalue weighted by molar-refractivity contribution is -0.170. The minimum Gasteiger partial charge on any atom is -0.469 e. The van der Waals surface area contributed by atoms with Gasteiger partial charge in [-0.2, -0.15) is 0 Å². The highest BCUT2D eigenvalue weighted by atomic mass is 16.7. The van der Waals surface area contributed by atoms with E-state index >= 15 is 0 Å². The average molecular weight is 515 g/mol. The van der Waals surface area contributed by atoms with Crippen LogP contribution < -0.4 is 0 Å². The first kappa shape index (κ1) is 34.2. The quantitative estimate of drug-likeness (QED) is 0.103. The highest BCUT2D eigenvalue weighted by Gasteiger charge is 2.32. The number of nitrogens with zero attached hydrogens (tertiary/aromatic N) is 2. The van der Waals surface area contributed by atoms with Gasteiger partial charge in [0.1, 0.15) is 12.1 Å². The van der Waals surface area contributed by atoms with Crippen LogP contribution >= 0.6 is 0 Å². The van der Waals surface area contributed by atoms with Crippen LogP contribution in [0.3, 0.4) is 0 Å². The van der Waals surface area contributed by atoms with E-state index in [1.165, 1.54) is 90.4 Å². The molecule has 2 amide bonds. The predicted molar refractivity (Wildman–Crippen MR) is 143 cm³/mol. The first-order chi connectivity index (χ1) is 17.1. The molecular weight excluding hydrogens is 460 g/mol. The highest BCUT2D eigenvalue weighted by molar-refractivity contribution is 5.82. The molecule has 0 radical (unpaired) electrons. The summed E-state index contributed by atoms with van der Waals surface area (Å²) in [5.74, 6) is -0.820. The van der Waals surface area contributed by atoms with Crippen LogP contribution in [0.2, 0.25) is 0 Å². The van der Waals surface area contributed by atoms with Crippen LogP contribution in [0.25, 0.3) is 0 Å². The SMILES string of the molecule is CCCCCCCCCCCCCCC[C@H](CC(=O)OC)N(CC(=O)N(C)OC)C(=O)OC(C)(C)C. The van der Waals surface area contributed by atoms with Gasteiger partial charge in [-0.15, -0.1) is 0 Å². The van der Waals surface area contributed by atoms with Crippen LogP contribution in [0, 0.1) is 0 Å². The monoisotopic (exact) mass is 514 g/mol. The van der Waals surface area contributed by atoms with Crippen molar-refractivity contribution < 1.29 is 28.7 Å². The van der Waals surface area contributed by atoms with Crippen molar-refractivity contribution >= 4 is 18.0 Å². The van der Waals surface area contributed by atoms with Crippen molar-refractivity contribution in [1.29, 1.82) is 0 Å². The highest BCUT2D eigenvalue weighted by Crippen LogP contribution is 2.20. The van der Waals surface area contributed by atoms with E-state index < -0.39 is 29.6 Å². The van der Waals surface area contributed by atoms with Crippen molar-refractivity contribution in [1.82, 2.24) is 9.96 Å². The molecule has 8 nitrogen and oxygen atoms in total. The summed E-state index contributed by atoms with van der Waals surface area (Å²) in [6, 6.07) is -0.491. The molecule has 0 saturated heterocycles. The summed E-state index contributed by atoms with van der Waals surface area (Å²) < 4.78 is 10.4. The Morgan fingerprint density at radius 2 is 1.25 bits per heavy atom. The molecule has 1 atom stereocenters. The summed E-state index contributed by atoms with van der Waals surface area (Å²) in [6.07, 6.45) is 16.1. The van der Waals surface area contributed by atoms with Crippen LogP contribution in [0.1, 0.15) is 124 Å². The second-order valence-corrected chi connectivity index (χ2v) is 10.6. The van der Waals surface area contributed by atoms with Crippen LogP contribution in [0.5, 0.6) is 0 Å². The summed E-state index contributed by atoms with van der Waals surface area (Å²) in [5.41, 5.74) is -0.725. The van der Waals surface area contributed by atoms with Gasteiger partial charge in [-0.3, -0.25) is 19.3 Å². The van der Waals surface area contributed by atoms with Gasteiger partial charge >= 0.3 is 12.1 Å². The van der Waals surface area contributed by atoms with Crippen molar-refractivity contribution in [3.63, 3.8) is 0 Å².